The second kappa shape index (κ2) is 6.78. The monoisotopic (exact) mass is 349 g/mol. The first-order valence-electron chi connectivity index (χ1n) is 8.96. The number of carboxylic acid groups (broad SMARTS) is 1. The Hall–Kier alpha value is -1.89. The molecule has 25 heavy (non-hydrogen) atoms. The van der Waals surface area contributed by atoms with Gasteiger partial charge in [0.1, 0.15) is 5.76 Å². The van der Waals surface area contributed by atoms with Crippen LogP contribution in [0.1, 0.15) is 62.7 Å². The van der Waals surface area contributed by atoms with Gasteiger partial charge in [-0.15, -0.1) is 0 Å². The lowest BCUT2D eigenvalue weighted by Crippen LogP contribution is -2.55. The number of hydrogen-bond acceptors (Lipinski definition) is 5. The summed E-state index contributed by atoms with van der Waals surface area (Å²) >= 11 is 0. The molecule has 1 amide bonds. The van der Waals surface area contributed by atoms with Crippen LogP contribution in [0.4, 0.5) is 0 Å². The molecule has 2 N–H and O–H groups in total. The van der Waals surface area contributed by atoms with E-state index in [9.17, 15) is 9.59 Å². The Morgan fingerprint density at radius 1 is 1.36 bits per heavy atom. The molecule has 0 bridgehead atoms. The van der Waals surface area contributed by atoms with Crippen LogP contribution in [0.5, 0.6) is 0 Å². The van der Waals surface area contributed by atoms with Crippen LogP contribution >= 0.6 is 0 Å². The first-order valence-corrected chi connectivity index (χ1v) is 8.96. The summed E-state index contributed by atoms with van der Waals surface area (Å²) in [4.78, 5) is 25.4. The van der Waals surface area contributed by atoms with Crippen molar-refractivity contribution in [1.82, 2.24) is 15.4 Å². The smallest absolute Gasteiger partial charge is 0.317 e. The molecular weight excluding hydrogens is 322 g/mol. The van der Waals surface area contributed by atoms with Crippen molar-refractivity contribution in [2.75, 3.05) is 13.1 Å². The number of hydrogen-bond donors (Lipinski definition) is 2. The lowest BCUT2D eigenvalue weighted by atomic mass is 9.85. The number of aromatic nitrogens is 1. The highest BCUT2D eigenvalue weighted by atomic mass is 16.5. The minimum Gasteiger partial charge on any atom is -0.480 e. The topological polar surface area (TPSA) is 95.7 Å². The number of carbonyl (C=O) groups is 2. The lowest BCUT2D eigenvalue weighted by Gasteiger charge is -2.42. The molecule has 0 atom stereocenters. The van der Waals surface area contributed by atoms with Crippen molar-refractivity contribution in [1.29, 1.82) is 0 Å². The van der Waals surface area contributed by atoms with Crippen LogP contribution in [0.25, 0.3) is 0 Å². The van der Waals surface area contributed by atoms with Gasteiger partial charge in [0.05, 0.1) is 6.54 Å². The quantitative estimate of drug-likeness (QED) is 0.782. The number of nitrogens with one attached hydrogen (secondary N) is 1. The van der Waals surface area contributed by atoms with Crippen LogP contribution in [0.15, 0.2) is 10.6 Å². The highest BCUT2D eigenvalue weighted by molar-refractivity contribution is 5.92. The summed E-state index contributed by atoms with van der Waals surface area (Å²) in [5.41, 5.74) is 0.113. The Morgan fingerprint density at radius 2 is 2.04 bits per heavy atom. The second-order valence-electron chi connectivity index (χ2n) is 8.39. The van der Waals surface area contributed by atoms with Crippen LogP contribution in [0, 0.1) is 5.92 Å². The molecule has 2 saturated carbocycles. The van der Waals surface area contributed by atoms with Gasteiger partial charge < -0.3 is 14.9 Å². The Morgan fingerprint density at radius 3 is 2.56 bits per heavy atom. The second-order valence-corrected chi connectivity index (χ2v) is 8.39. The fourth-order valence-corrected chi connectivity index (χ4v) is 3.15. The molecule has 0 spiro atoms. The predicted octanol–water partition coefficient (Wildman–Crippen LogP) is 2.03. The molecule has 0 aliphatic heterocycles. The summed E-state index contributed by atoms with van der Waals surface area (Å²) in [5, 5.41) is 15.9. The van der Waals surface area contributed by atoms with Crippen molar-refractivity contribution in [3.05, 3.63) is 17.5 Å². The largest absolute Gasteiger partial charge is 0.480 e. The van der Waals surface area contributed by atoms with E-state index in [-0.39, 0.29) is 30.0 Å². The van der Waals surface area contributed by atoms with Crippen LogP contribution in [-0.2, 0) is 10.2 Å². The van der Waals surface area contributed by atoms with Crippen molar-refractivity contribution in [3.8, 4) is 0 Å². The van der Waals surface area contributed by atoms with E-state index in [1.54, 1.807) is 6.07 Å². The summed E-state index contributed by atoms with van der Waals surface area (Å²) < 4.78 is 5.25. The summed E-state index contributed by atoms with van der Waals surface area (Å²) in [6, 6.07) is 2.00. The first-order chi connectivity index (χ1) is 11.7. The van der Waals surface area contributed by atoms with E-state index in [1.807, 2.05) is 20.8 Å². The van der Waals surface area contributed by atoms with Gasteiger partial charge in [-0.2, -0.15) is 0 Å². The molecule has 1 aromatic heterocycles. The van der Waals surface area contributed by atoms with Crippen LogP contribution in [-0.4, -0.2) is 52.2 Å². The molecule has 7 nitrogen and oxygen atoms in total. The van der Waals surface area contributed by atoms with E-state index >= 15 is 0 Å². The van der Waals surface area contributed by atoms with E-state index in [1.165, 1.54) is 12.8 Å². The number of carbonyl (C=O) groups excluding carboxylic acids is 1. The molecular formula is C18H27N3O4. The zero-order valence-electron chi connectivity index (χ0n) is 15.1. The normalized spacial score (nSPS) is 23.4. The fraction of sp³-hybridized carbons (Fsp3) is 0.722. The van der Waals surface area contributed by atoms with E-state index in [2.05, 4.69) is 15.4 Å². The molecule has 2 aliphatic carbocycles. The third-order valence-corrected chi connectivity index (χ3v) is 4.97. The van der Waals surface area contributed by atoms with Gasteiger partial charge >= 0.3 is 5.97 Å². The standard InChI is InChI=1S/C18H27N3O4/c1-18(2,3)15-8-14(20-25-15)17(24)19-12-6-13(7-12)21(10-16(22)23)9-11-4-5-11/h8,11-13H,4-7,9-10H2,1-3H3,(H,19,24)(H,22,23). The van der Waals surface area contributed by atoms with Gasteiger partial charge in [-0.3, -0.25) is 14.5 Å². The Labute approximate surface area is 147 Å². The number of aliphatic carboxylic acids is 1. The van der Waals surface area contributed by atoms with Crippen molar-refractivity contribution in [2.45, 2.75) is 64.0 Å². The molecule has 2 fully saturated rings. The van der Waals surface area contributed by atoms with Gasteiger partial charge in [-0.25, -0.2) is 0 Å². The zero-order chi connectivity index (χ0) is 18.2. The van der Waals surface area contributed by atoms with Crippen LogP contribution < -0.4 is 5.32 Å². The number of nitrogens with zero attached hydrogens (tertiary/aromatic N) is 2. The maximum Gasteiger partial charge on any atom is 0.317 e. The molecule has 0 unspecified atom stereocenters. The number of carboxylic acids is 1. The third kappa shape index (κ3) is 4.60. The van der Waals surface area contributed by atoms with Crippen molar-refractivity contribution < 1.29 is 19.2 Å². The molecule has 138 valence electrons. The van der Waals surface area contributed by atoms with Gasteiger partial charge in [0.25, 0.3) is 5.91 Å². The highest BCUT2D eigenvalue weighted by Crippen LogP contribution is 2.34. The molecule has 1 aromatic rings. The third-order valence-electron chi connectivity index (χ3n) is 4.97. The molecule has 0 radical (unpaired) electrons. The predicted molar refractivity (Wildman–Crippen MR) is 91.4 cm³/mol. The SMILES string of the molecule is CC(C)(C)c1cc(C(=O)NC2CC(N(CC(=O)O)CC3CC3)C2)no1. The van der Waals surface area contributed by atoms with Crippen LogP contribution in [0.3, 0.4) is 0 Å². The minimum absolute atomic E-state index is 0.0720. The molecule has 2 aliphatic rings. The lowest BCUT2D eigenvalue weighted by molar-refractivity contribution is -0.139. The number of rotatable bonds is 7. The maximum atomic E-state index is 12.3. The Balaban J connectivity index is 1.49. The highest BCUT2D eigenvalue weighted by Gasteiger charge is 2.38. The summed E-state index contributed by atoms with van der Waals surface area (Å²) in [5.74, 6) is 0.320. The van der Waals surface area contributed by atoms with Gasteiger partial charge in [0.2, 0.25) is 0 Å². The van der Waals surface area contributed by atoms with E-state index < -0.39 is 5.97 Å². The Kier molecular flexibility index (Phi) is 4.86. The molecule has 3 rings (SSSR count). The molecule has 7 heteroatoms. The van der Waals surface area contributed by atoms with Gasteiger partial charge in [0, 0.05) is 30.1 Å². The maximum absolute atomic E-state index is 12.3. The van der Waals surface area contributed by atoms with Crippen molar-refractivity contribution >= 4 is 11.9 Å². The van der Waals surface area contributed by atoms with Gasteiger partial charge in [-0.05, 0) is 31.6 Å². The summed E-state index contributed by atoms with van der Waals surface area (Å²) in [7, 11) is 0. The van der Waals surface area contributed by atoms with Gasteiger partial charge in [0.15, 0.2) is 5.69 Å². The average Bonchev–Trinajstić information content (AvgIpc) is 3.11. The summed E-state index contributed by atoms with van der Waals surface area (Å²) in [6.07, 6.45) is 3.97. The van der Waals surface area contributed by atoms with Gasteiger partial charge in [-0.1, -0.05) is 25.9 Å². The van der Waals surface area contributed by atoms with Crippen molar-refractivity contribution in [2.24, 2.45) is 5.92 Å². The average molecular weight is 349 g/mol. The zero-order valence-corrected chi connectivity index (χ0v) is 15.1. The van der Waals surface area contributed by atoms with Crippen molar-refractivity contribution in [3.63, 3.8) is 0 Å². The van der Waals surface area contributed by atoms with E-state index in [0.29, 0.717) is 17.4 Å². The molecule has 0 saturated heterocycles. The number of amides is 1. The Bertz CT molecular complexity index is 639. The fourth-order valence-electron chi connectivity index (χ4n) is 3.15. The van der Waals surface area contributed by atoms with Crippen LogP contribution in [0.2, 0.25) is 0 Å². The summed E-state index contributed by atoms with van der Waals surface area (Å²) in [6.45, 7) is 6.95. The molecule has 0 aromatic carbocycles. The molecule has 1 heterocycles. The van der Waals surface area contributed by atoms with E-state index in [0.717, 1.165) is 19.4 Å². The van der Waals surface area contributed by atoms with E-state index in [4.69, 9.17) is 9.63 Å². The minimum atomic E-state index is -0.787. The first kappa shape index (κ1) is 17.9.